The van der Waals surface area contributed by atoms with Crippen LogP contribution in [0.4, 0.5) is 11.5 Å². The molecular formula is C12H17N3O4. The third-order valence-electron chi connectivity index (χ3n) is 2.80. The van der Waals surface area contributed by atoms with Gasteiger partial charge in [0, 0.05) is 25.2 Å². The number of aliphatic carboxylic acids is 1. The van der Waals surface area contributed by atoms with Gasteiger partial charge in [0.15, 0.2) is 0 Å². The van der Waals surface area contributed by atoms with E-state index < -0.39 is 10.9 Å². The van der Waals surface area contributed by atoms with E-state index in [9.17, 15) is 14.9 Å². The second-order valence-electron chi connectivity index (χ2n) is 4.39. The molecule has 1 atom stereocenters. The normalized spacial score (nSPS) is 11.9. The summed E-state index contributed by atoms with van der Waals surface area (Å²) in [6, 6.07) is 1.44. The summed E-state index contributed by atoms with van der Waals surface area (Å²) >= 11 is 0. The third kappa shape index (κ3) is 4.53. The molecule has 1 unspecified atom stereocenters. The summed E-state index contributed by atoms with van der Waals surface area (Å²) < 4.78 is 0. The molecule has 0 fully saturated rings. The summed E-state index contributed by atoms with van der Waals surface area (Å²) in [4.78, 5) is 25.0. The van der Waals surface area contributed by atoms with Crippen molar-refractivity contribution in [3.05, 3.63) is 27.9 Å². The predicted molar refractivity (Wildman–Crippen MR) is 70.2 cm³/mol. The number of hydrogen-bond acceptors (Lipinski definition) is 5. The first-order valence-corrected chi connectivity index (χ1v) is 6.00. The van der Waals surface area contributed by atoms with E-state index in [-0.39, 0.29) is 23.8 Å². The lowest BCUT2D eigenvalue weighted by Gasteiger charge is -2.13. The zero-order chi connectivity index (χ0) is 14.4. The van der Waals surface area contributed by atoms with Crippen LogP contribution in [0, 0.1) is 23.0 Å². The molecule has 104 valence electrons. The van der Waals surface area contributed by atoms with Crippen LogP contribution in [0.5, 0.6) is 0 Å². The van der Waals surface area contributed by atoms with Gasteiger partial charge in [-0.1, -0.05) is 13.3 Å². The van der Waals surface area contributed by atoms with Gasteiger partial charge in [0.1, 0.15) is 0 Å². The number of nitrogens with one attached hydrogen (secondary N) is 1. The number of pyridine rings is 1. The van der Waals surface area contributed by atoms with E-state index >= 15 is 0 Å². The van der Waals surface area contributed by atoms with Crippen molar-refractivity contribution in [2.24, 2.45) is 5.92 Å². The lowest BCUT2D eigenvalue weighted by atomic mass is 10.0. The Morgan fingerprint density at radius 1 is 1.63 bits per heavy atom. The van der Waals surface area contributed by atoms with Gasteiger partial charge in [-0.2, -0.15) is 0 Å². The van der Waals surface area contributed by atoms with E-state index in [1.165, 1.54) is 12.3 Å². The van der Waals surface area contributed by atoms with Gasteiger partial charge in [0.2, 0.25) is 5.82 Å². The Balaban J connectivity index is 2.76. The molecule has 1 aromatic rings. The fourth-order valence-electron chi connectivity index (χ4n) is 1.68. The molecule has 0 aliphatic heterocycles. The Morgan fingerprint density at radius 3 is 2.84 bits per heavy atom. The number of aryl methyl sites for hydroxylation is 1. The van der Waals surface area contributed by atoms with Crippen molar-refractivity contribution in [2.75, 3.05) is 11.9 Å². The van der Waals surface area contributed by atoms with E-state index in [1.807, 2.05) is 6.92 Å². The van der Waals surface area contributed by atoms with Crippen LogP contribution in [0.25, 0.3) is 0 Å². The molecule has 1 heterocycles. The van der Waals surface area contributed by atoms with Crippen LogP contribution < -0.4 is 5.32 Å². The number of aromatic nitrogens is 1. The molecular weight excluding hydrogens is 250 g/mol. The summed E-state index contributed by atoms with van der Waals surface area (Å²) in [5.74, 6) is -0.778. The van der Waals surface area contributed by atoms with E-state index in [4.69, 9.17) is 5.11 Å². The number of hydrogen-bond donors (Lipinski definition) is 2. The first-order chi connectivity index (χ1) is 8.93. The van der Waals surface area contributed by atoms with Gasteiger partial charge in [-0.05, 0) is 18.4 Å². The highest BCUT2D eigenvalue weighted by atomic mass is 16.6. The Kier molecular flexibility index (Phi) is 5.23. The first kappa shape index (κ1) is 14.9. The third-order valence-corrected chi connectivity index (χ3v) is 2.80. The summed E-state index contributed by atoms with van der Waals surface area (Å²) in [5, 5.41) is 22.5. The Hall–Kier alpha value is -2.18. The van der Waals surface area contributed by atoms with Crippen molar-refractivity contribution in [3.63, 3.8) is 0 Å². The fraction of sp³-hybridized carbons (Fsp3) is 0.500. The van der Waals surface area contributed by atoms with E-state index in [0.29, 0.717) is 18.5 Å². The molecule has 19 heavy (non-hydrogen) atoms. The largest absolute Gasteiger partial charge is 0.481 e. The quantitative estimate of drug-likeness (QED) is 0.579. The number of carboxylic acid groups (broad SMARTS) is 1. The maximum absolute atomic E-state index is 10.9. The first-order valence-electron chi connectivity index (χ1n) is 6.00. The molecule has 0 aliphatic carbocycles. The van der Waals surface area contributed by atoms with E-state index in [2.05, 4.69) is 10.3 Å². The molecule has 0 amide bonds. The summed E-state index contributed by atoms with van der Waals surface area (Å²) in [5.41, 5.74) is 0.611. The lowest BCUT2D eigenvalue weighted by molar-refractivity contribution is -0.384. The number of carboxylic acids is 1. The van der Waals surface area contributed by atoms with Crippen molar-refractivity contribution in [2.45, 2.75) is 26.7 Å². The summed E-state index contributed by atoms with van der Waals surface area (Å²) in [7, 11) is 0. The number of nitrogens with zero attached hydrogens (tertiary/aromatic N) is 2. The van der Waals surface area contributed by atoms with Gasteiger partial charge in [0.05, 0.1) is 4.92 Å². The molecule has 0 spiro atoms. The highest BCUT2D eigenvalue weighted by molar-refractivity contribution is 5.67. The number of nitro groups is 1. The maximum Gasteiger partial charge on any atom is 0.311 e. The van der Waals surface area contributed by atoms with Crippen LogP contribution in [0.15, 0.2) is 12.3 Å². The maximum atomic E-state index is 10.9. The minimum Gasteiger partial charge on any atom is -0.481 e. The van der Waals surface area contributed by atoms with Crippen LogP contribution in [0.3, 0.4) is 0 Å². The van der Waals surface area contributed by atoms with E-state index in [1.54, 1.807) is 6.92 Å². The number of rotatable bonds is 7. The molecule has 0 saturated heterocycles. The highest BCUT2D eigenvalue weighted by Crippen LogP contribution is 2.23. The minimum atomic E-state index is -0.875. The monoisotopic (exact) mass is 267 g/mol. The summed E-state index contributed by atoms with van der Waals surface area (Å²) in [6.45, 7) is 3.95. The molecule has 0 aromatic carbocycles. The molecule has 0 saturated carbocycles. The SMILES string of the molecule is CCC(CNc1ncc(C)cc1[N+](=O)[O-])CC(=O)O. The van der Waals surface area contributed by atoms with Gasteiger partial charge in [0.25, 0.3) is 0 Å². The lowest BCUT2D eigenvalue weighted by Crippen LogP contribution is -2.18. The van der Waals surface area contributed by atoms with Gasteiger partial charge >= 0.3 is 11.7 Å². The summed E-state index contributed by atoms with van der Waals surface area (Å²) in [6.07, 6.45) is 2.25. The molecule has 7 heteroatoms. The standard InChI is InChI=1S/C12H17N3O4/c1-3-9(5-11(16)17)7-14-12-10(15(18)19)4-8(2)6-13-12/h4,6,9H,3,5,7H2,1-2H3,(H,13,14)(H,16,17). The Labute approximate surface area is 110 Å². The van der Waals surface area contributed by atoms with Crippen molar-refractivity contribution in [1.82, 2.24) is 4.98 Å². The van der Waals surface area contributed by atoms with Crippen LogP contribution >= 0.6 is 0 Å². The number of anilines is 1. The smallest absolute Gasteiger partial charge is 0.311 e. The van der Waals surface area contributed by atoms with Gasteiger partial charge in [-0.15, -0.1) is 0 Å². The van der Waals surface area contributed by atoms with Gasteiger partial charge in [-0.25, -0.2) is 4.98 Å². The van der Waals surface area contributed by atoms with Crippen molar-refractivity contribution in [1.29, 1.82) is 0 Å². The minimum absolute atomic E-state index is 0.0309. The van der Waals surface area contributed by atoms with Crippen LogP contribution in [0.2, 0.25) is 0 Å². The fourth-order valence-corrected chi connectivity index (χ4v) is 1.68. The van der Waals surface area contributed by atoms with Crippen molar-refractivity contribution in [3.8, 4) is 0 Å². The van der Waals surface area contributed by atoms with Crippen molar-refractivity contribution < 1.29 is 14.8 Å². The molecule has 1 aromatic heterocycles. The number of carbonyl (C=O) groups is 1. The zero-order valence-corrected chi connectivity index (χ0v) is 10.9. The molecule has 7 nitrogen and oxygen atoms in total. The van der Waals surface area contributed by atoms with Crippen LogP contribution in [-0.2, 0) is 4.79 Å². The molecule has 1 rings (SSSR count). The Morgan fingerprint density at radius 2 is 2.32 bits per heavy atom. The van der Waals surface area contributed by atoms with Gasteiger partial charge in [-0.3, -0.25) is 14.9 Å². The average Bonchev–Trinajstić information content (AvgIpc) is 2.34. The van der Waals surface area contributed by atoms with E-state index in [0.717, 1.165) is 0 Å². The predicted octanol–water partition coefficient (Wildman–Crippen LogP) is 2.21. The molecule has 2 N–H and O–H groups in total. The van der Waals surface area contributed by atoms with Crippen molar-refractivity contribution >= 4 is 17.5 Å². The second kappa shape index (κ2) is 6.67. The topological polar surface area (TPSA) is 105 Å². The molecule has 0 bridgehead atoms. The Bertz CT molecular complexity index is 476. The second-order valence-corrected chi connectivity index (χ2v) is 4.39. The highest BCUT2D eigenvalue weighted by Gasteiger charge is 2.17. The van der Waals surface area contributed by atoms with Crippen LogP contribution in [-0.4, -0.2) is 27.5 Å². The van der Waals surface area contributed by atoms with Gasteiger partial charge < -0.3 is 10.4 Å². The average molecular weight is 267 g/mol. The van der Waals surface area contributed by atoms with Crippen LogP contribution in [0.1, 0.15) is 25.3 Å². The molecule has 0 aliphatic rings. The zero-order valence-electron chi connectivity index (χ0n) is 10.9. The molecule has 0 radical (unpaired) electrons.